The van der Waals surface area contributed by atoms with Crippen LogP contribution in [0.2, 0.25) is 0 Å². The van der Waals surface area contributed by atoms with Crippen LogP contribution in [0.4, 0.5) is 0 Å². The molecule has 0 amide bonds. The van der Waals surface area contributed by atoms with E-state index < -0.39 is 39.4 Å². The predicted molar refractivity (Wildman–Crippen MR) is 78.9 cm³/mol. The number of aliphatic carboxylic acids is 1. The number of carboxylic acid groups (broad SMARTS) is 1. The van der Waals surface area contributed by atoms with Crippen LogP contribution in [-0.2, 0) is 21.1 Å². The number of hydrogen-bond acceptors (Lipinski definition) is 7. The van der Waals surface area contributed by atoms with Crippen LogP contribution >= 0.6 is 12.4 Å². The molecule has 2 rings (SSSR count). The normalized spacial score (nSPS) is 19.6. The number of rotatable bonds is 5. The first kappa shape index (κ1) is 18.7. The maximum absolute atomic E-state index is 12.1. The van der Waals surface area contributed by atoms with Crippen molar-refractivity contribution in [3.8, 4) is 0 Å². The molecule has 3 N–H and O–H groups in total. The van der Waals surface area contributed by atoms with Gasteiger partial charge in [-0.2, -0.15) is 0 Å². The summed E-state index contributed by atoms with van der Waals surface area (Å²) in [6.07, 6.45) is 2.59. The largest absolute Gasteiger partial charge is 0.480 e. The Labute approximate surface area is 132 Å². The number of carboxylic acids is 1. The van der Waals surface area contributed by atoms with E-state index in [2.05, 4.69) is 9.68 Å². The Morgan fingerprint density at radius 2 is 2.18 bits per heavy atom. The van der Waals surface area contributed by atoms with Crippen molar-refractivity contribution in [1.82, 2.24) is 9.72 Å². The van der Waals surface area contributed by atoms with Crippen molar-refractivity contribution in [3.05, 3.63) is 16.4 Å². The van der Waals surface area contributed by atoms with E-state index in [-0.39, 0.29) is 18.2 Å². The number of aryl methyl sites for hydroxylation is 1. The summed E-state index contributed by atoms with van der Waals surface area (Å²) in [5, 5.41) is 12.3. The molecule has 0 radical (unpaired) electrons. The standard InChI is InChI=1S/C11H17N3O6S.ClH/c12-8(10(15)16)6-21(18,19)5-7-3-1-2-4-9-13-20-11(17)14(7)9;/h7-8H,1-6,12H2,(H,15,16);1H/t7?,8-;/m0./s1. The highest BCUT2D eigenvalue weighted by Crippen LogP contribution is 2.23. The van der Waals surface area contributed by atoms with Crippen molar-refractivity contribution in [1.29, 1.82) is 0 Å². The molecule has 1 aliphatic heterocycles. The minimum atomic E-state index is -3.71. The molecule has 22 heavy (non-hydrogen) atoms. The summed E-state index contributed by atoms with van der Waals surface area (Å²) < 4.78 is 30.0. The van der Waals surface area contributed by atoms with Gasteiger partial charge in [-0.25, -0.2) is 13.2 Å². The van der Waals surface area contributed by atoms with Crippen LogP contribution in [0.5, 0.6) is 0 Å². The fourth-order valence-corrected chi connectivity index (χ4v) is 4.19. The van der Waals surface area contributed by atoms with Gasteiger partial charge in [-0.15, -0.1) is 12.4 Å². The average Bonchev–Trinajstić information content (AvgIpc) is 2.62. The second-order valence-electron chi connectivity index (χ2n) is 5.16. The molecular formula is C11H18ClN3O6S. The van der Waals surface area contributed by atoms with Gasteiger partial charge in [-0.3, -0.25) is 13.9 Å². The molecule has 126 valence electrons. The minimum Gasteiger partial charge on any atom is -0.480 e. The zero-order chi connectivity index (χ0) is 15.6. The molecule has 9 nitrogen and oxygen atoms in total. The number of nitrogens with zero attached hydrogens (tertiary/aromatic N) is 2. The number of halogens is 1. The molecule has 1 unspecified atom stereocenters. The van der Waals surface area contributed by atoms with Crippen molar-refractivity contribution in [3.63, 3.8) is 0 Å². The summed E-state index contributed by atoms with van der Waals surface area (Å²) in [5.41, 5.74) is 5.27. The van der Waals surface area contributed by atoms with E-state index in [0.717, 1.165) is 12.8 Å². The van der Waals surface area contributed by atoms with Crippen molar-refractivity contribution < 1.29 is 22.8 Å². The van der Waals surface area contributed by atoms with Gasteiger partial charge in [0.1, 0.15) is 6.04 Å². The van der Waals surface area contributed by atoms with Crippen molar-refractivity contribution in [2.75, 3.05) is 11.5 Å². The molecule has 1 aromatic rings. The lowest BCUT2D eigenvalue weighted by Crippen LogP contribution is -2.39. The highest BCUT2D eigenvalue weighted by molar-refractivity contribution is 7.91. The zero-order valence-corrected chi connectivity index (χ0v) is 13.3. The van der Waals surface area contributed by atoms with Crippen LogP contribution in [0.3, 0.4) is 0 Å². The van der Waals surface area contributed by atoms with Crippen LogP contribution in [0.25, 0.3) is 0 Å². The fourth-order valence-electron chi connectivity index (χ4n) is 2.47. The van der Waals surface area contributed by atoms with E-state index in [1.54, 1.807) is 0 Å². The molecule has 1 aromatic heterocycles. The summed E-state index contributed by atoms with van der Waals surface area (Å²) >= 11 is 0. The van der Waals surface area contributed by atoms with Crippen molar-refractivity contribution >= 4 is 28.2 Å². The van der Waals surface area contributed by atoms with E-state index in [4.69, 9.17) is 10.8 Å². The van der Waals surface area contributed by atoms with E-state index in [1.807, 2.05) is 0 Å². The van der Waals surface area contributed by atoms with Gasteiger partial charge in [0.15, 0.2) is 15.7 Å². The molecule has 11 heteroatoms. The smallest absolute Gasteiger partial charge is 0.441 e. The Morgan fingerprint density at radius 3 is 2.82 bits per heavy atom. The highest BCUT2D eigenvalue weighted by atomic mass is 35.5. The van der Waals surface area contributed by atoms with E-state index in [9.17, 15) is 18.0 Å². The van der Waals surface area contributed by atoms with Gasteiger partial charge in [0.05, 0.1) is 17.5 Å². The summed E-state index contributed by atoms with van der Waals surface area (Å²) in [7, 11) is -3.71. The van der Waals surface area contributed by atoms with Gasteiger partial charge in [0, 0.05) is 6.42 Å². The summed E-state index contributed by atoms with van der Waals surface area (Å²) in [6, 6.07) is -2.06. The lowest BCUT2D eigenvalue weighted by Gasteiger charge is -2.17. The number of hydrogen-bond donors (Lipinski definition) is 2. The Balaban J connectivity index is 0.00000242. The Morgan fingerprint density at radius 1 is 1.50 bits per heavy atom. The maximum Gasteiger partial charge on any atom is 0.441 e. The third-order valence-electron chi connectivity index (χ3n) is 3.45. The monoisotopic (exact) mass is 355 g/mol. The first-order valence-corrected chi connectivity index (χ1v) is 8.38. The number of carbonyl (C=O) groups is 1. The third kappa shape index (κ3) is 4.31. The van der Waals surface area contributed by atoms with Crippen molar-refractivity contribution in [2.24, 2.45) is 5.73 Å². The molecule has 0 saturated heterocycles. The first-order valence-electron chi connectivity index (χ1n) is 6.56. The van der Waals surface area contributed by atoms with Gasteiger partial charge < -0.3 is 10.8 Å². The molecule has 0 spiro atoms. The summed E-state index contributed by atoms with van der Waals surface area (Å²) in [6.45, 7) is 0. The third-order valence-corrected chi connectivity index (χ3v) is 5.21. The van der Waals surface area contributed by atoms with Crippen LogP contribution in [0.1, 0.15) is 31.1 Å². The SMILES string of the molecule is Cl.N[C@@H](CS(=O)(=O)CC1CCCCc2noc(=O)n21)C(=O)O. The summed E-state index contributed by atoms with van der Waals surface area (Å²) in [5.74, 6) is -2.63. The van der Waals surface area contributed by atoms with E-state index >= 15 is 0 Å². The van der Waals surface area contributed by atoms with Crippen LogP contribution in [0.15, 0.2) is 9.32 Å². The lowest BCUT2D eigenvalue weighted by atomic mass is 10.1. The van der Waals surface area contributed by atoms with Gasteiger partial charge >= 0.3 is 11.7 Å². The number of aromatic nitrogens is 2. The Kier molecular flexibility index (Phi) is 6.15. The van der Waals surface area contributed by atoms with Gasteiger partial charge in [-0.1, -0.05) is 11.6 Å². The fraction of sp³-hybridized carbons (Fsp3) is 0.727. The number of nitrogens with two attached hydrogens (primary N) is 1. The molecule has 0 bridgehead atoms. The first-order chi connectivity index (χ1) is 9.80. The zero-order valence-electron chi connectivity index (χ0n) is 11.7. The molecule has 0 aliphatic carbocycles. The molecule has 0 aromatic carbocycles. The van der Waals surface area contributed by atoms with Crippen LogP contribution in [0, 0.1) is 0 Å². The second kappa shape index (κ2) is 7.25. The topological polar surface area (TPSA) is 145 Å². The predicted octanol–water partition coefficient (Wildman–Crippen LogP) is -0.648. The number of sulfone groups is 1. The van der Waals surface area contributed by atoms with Gasteiger partial charge in [0.2, 0.25) is 0 Å². The Hall–Kier alpha value is -1.39. The second-order valence-corrected chi connectivity index (χ2v) is 7.31. The van der Waals surface area contributed by atoms with Crippen LogP contribution in [-0.4, -0.2) is 46.8 Å². The minimum absolute atomic E-state index is 0. The molecule has 2 atom stereocenters. The molecule has 2 heterocycles. The molecule has 1 aliphatic rings. The average molecular weight is 356 g/mol. The molecule has 0 fully saturated rings. The molecule has 0 saturated carbocycles. The Bertz CT molecular complexity index is 682. The van der Waals surface area contributed by atoms with Crippen LogP contribution < -0.4 is 11.5 Å². The number of fused-ring (bicyclic) bond motifs is 1. The van der Waals surface area contributed by atoms with Crippen molar-refractivity contribution in [2.45, 2.75) is 37.8 Å². The maximum atomic E-state index is 12.1. The highest BCUT2D eigenvalue weighted by Gasteiger charge is 2.30. The van der Waals surface area contributed by atoms with Gasteiger partial charge in [0.25, 0.3) is 0 Å². The van der Waals surface area contributed by atoms with E-state index in [0.29, 0.717) is 18.7 Å². The van der Waals surface area contributed by atoms with E-state index in [1.165, 1.54) is 4.57 Å². The molecular weight excluding hydrogens is 338 g/mol. The quantitative estimate of drug-likeness (QED) is 0.708. The lowest BCUT2D eigenvalue weighted by molar-refractivity contribution is -0.137. The summed E-state index contributed by atoms with van der Waals surface area (Å²) in [4.78, 5) is 22.3. The van der Waals surface area contributed by atoms with Gasteiger partial charge in [-0.05, 0) is 12.8 Å².